The Balaban J connectivity index is 2.80. The molecule has 2 atom stereocenters. The zero-order chi connectivity index (χ0) is 14.3. The van der Waals surface area contributed by atoms with Gasteiger partial charge in [-0.2, -0.15) is 13.2 Å². The van der Waals surface area contributed by atoms with Crippen molar-refractivity contribution in [3.63, 3.8) is 0 Å². The Morgan fingerprint density at radius 3 is 2.37 bits per heavy atom. The Labute approximate surface area is 110 Å². The fraction of sp³-hybridized carbons (Fsp3) is 0.538. The van der Waals surface area contributed by atoms with Gasteiger partial charge in [-0.3, -0.25) is 0 Å². The summed E-state index contributed by atoms with van der Waals surface area (Å²) < 4.78 is 42.7. The van der Waals surface area contributed by atoms with Crippen LogP contribution >= 0.6 is 0 Å². The molecule has 0 spiro atoms. The predicted molar refractivity (Wildman–Crippen MR) is 65.7 cm³/mol. The fourth-order valence-electron chi connectivity index (χ4n) is 1.83. The molecule has 0 saturated carbocycles. The van der Waals surface area contributed by atoms with Gasteiger partial charge in [0.25, 0.3) is 0 Å². The molecule has 0 radical (unpaired) electrons. The number of ether oxygens (including phenoxy) is 1. The Bertz CT molecular complexity index is 357. The molecule has 0 aromatic heterocycles. The number of methoxy groups -OCH3 is 1. The van der Waals surface area contributed by atoms with Gasteiger partial charge in [0.1, 0.15) is 0 Å². The van der Waals surface area contributed by atoms with Crippen LogP contribution in [0.5, 0.6) is 0 Å². The van der Waals surface area contributed by atoms with E-state index < -0.39 is 24.7 Å². The molecule has 0 saturated heterocycles. The number of aliphatic hydroxyl groups is 1. The van der Waals surface area contributed by atoms with Crippen LogP contribution in [0.1, 0.15) is 18.0 Å². The van der Waals surface area contributed by atoms with Crippen molar-refractivity contribution in [2.75, 3.05) is 20.3 Å². The number of hydrogen-bond donors (Lipinski definition) is 2. The van der Waals surface area contributed by atoms with Gasteiger partial charge in [0, 0.05) is 13.2 Å². The summed E-state index contributed by atoms with van der Waals surface area (Å²) in [6, 6.07) is 6.95. The molecule has 0 heterocycles. The molecule has 2 N–H and O–H groups in total. The molecule has 1 aromatic rings. The second-order valence-electron chi connectivity index (χ2n) is 4.28. The summed E-state index contributed by atoms with van der Waals surface area (Å²) in [7, 11) is 1.44. The third kappa shape index (κ3) is 6.04. The Morgan fingerprint density at radius 2 is 1.89 bits per heavy atom. The van der Waals surface area contributed by atoms with Gasteiger partial charge in [-0.15, -0.1) is 0 Å². The number of aliphatic hydroxyl groups excluding tert-OH is 1. The second kappa shape index (κ2) is 7.47. The first-order valence-corrected chi connectivity index (χ1v) is 5.94. The van der Waals surface area contributed by atoms with Crippen LogP contribution in [0, 0.1) is 0 Å². The summed E-state index contributed by atoms with van der Waals surface area (Å²) in [5, 5.41) is 11.9. The molecule has 108 valence electrons. The lowest BCUT2D eigenvalue weighted by Crippen LogP contribution is -2.40. The maximum atomic E-state index is 12.6. The van der Waals surface area contributed by atoms with Crippen LogP contribution in [0.15, 0.2) is 30.3 Å². The minimum Gasteiger partial charge on any atom is -0.395 e. The maximum Gasteiger partial charge on any atom is 0.390 e. The second-order valence-corrected chi connectivity index (χ2v) is 4.28. The summed E-state index contributed by atoms with van der Waals surface area (Å²) >= 11 is 0. The highest BCUT2D eigenvalue weighted by atomic mass is 19.4. The van der Waals surface area contributed by atoms with E-state index in [1.165, 1.54) is 7.11 Å². The normalized spacial score (nSPS) is 15.2. The molecule has 6 heteroatoms. The molecule has 0 aliphatic heterocycles. The first-order chi connectivity index (χ1) is 8.96. The zero-order valence-corrected chi connectivity index (χ0v) is 10.7. The molecule has 0 aliphatic rings. The van der Waals surface area contributed by atoms with Crippen LogP contribution in [-0.2, 0) is 4.74 Å². The quantitative estimate of drug-likeness (QED) is 0.803. The lowest BCUT2D eigenvalue weighted by Gasteiger charge is -2.25. The number of nitrogens with one attached hydrogen (secondary N) is 1. The number of benzene rings is 1. The molecule has 2 unspecified atom stereocenters. The highest BCUT2D eigenvalue weighted by Gasteiger charge is 2.33. The Morgan fingerprint density at radius 1 is 1.26 bits per heavy atom. The Kier molecular flexibility index (Phi) is 6.27. The summed E-state index contributed by atoms with van der Waals surface area (Å²) in [4.78, 5) is 0. The van der Waals surface area contributed by atoms with Crippen molar-refractivity contribution in [3.8, 4) is 0 Å². The van der Waals surface area contributed by atoms with Gasteiger partial charge >= 0.3 is 6.18 Å². The van der Waals surface area contributed by atoms with E-state index in [0.717, 1.165) is 0 Å². The molecular formula is C13H18F3NO2. The van der Waals surface area contributed by atoms with Gasteiger partial charge in [0.15, 0.2) is 0 Å². The SMILES string of the molecule is COCC(CO)NC(CC(F)(F)F)c1ccccc1. The van der Waals surface area contributed by atoms with E-state index in [9.17, 15) is 13.2 Å². The molecule has 0 amide bonds. The first kappa shape index (κ1) is 15.9. The lowest BCUT2D eigenvalue weighted by atomic mass is 10.0. The van der Waals surface area contributed by atoms with E-state index in [0.29, 0.717) is 5.56 Å². The summed E-state index contributed by atoms with van der Waals surface area (Å²) in [5.41, 5.74) is 0.536. The monoisotopic (exact) mass is 277 g/mol. The van der Waals surface area contributed by atoms with Gasteiger partial charge in [0.2, 0.25) is 0 Å². The fourth-order valence-corrected chi connectivity index (χ4v) is 1.83. The average molecular weight is 277 g/mol. The van der Waals surface area contributed by atoms with Crippen LogP contribution in [-0.4, -0.2) is 37.6 Å². The smallest absolute Gasteiger partial charge is 0.390 e. The topological polar surface area (TPSA) is 41.5 Å². The number of alkyl halides is 3. The van der Waals surface area contributed by atoms with Crippen LogP contribution in [0.2, 0.25) is 0 Å². The minimum absolute atomic E-state index is 0.150. The van der Waals surface area contributed by atoms with Crippen molar-refractivity contribution in [1.82, 2.24) is 5.32 Å². The zero-order valence-electron chi connectivity index (χ0n) is 10.7. The molecule has 19 heavy (non-hydrogen) atoms. The maximum absolute atomic E-state index is 12.6. The van der Waals surface area contributed by atoms with Gasteiger partial charge in [0.05, 0.1) is 25.7 Å². The minimum atomic E-state index is -4.28. The highest BCUT2D eigenvalue weighted by Crippen LogP contribution is 2.29. The van der Waals surface area contributed by atoms with Crippen LogP contribution in [0.25, 0.3) is 0 Å². The molecule has 1 rings (SSSR count). The van der Waals surface area contributed by atoms with E-state index in [-0.39, 0.29) is 13.2 Å². The van der Waals surface area contributed by atoms with E-state index in [1.807, 2.05) is 0 Å². The number of halogens is 3. The summed E-state index contributed by atoms with van der Waals surface area (Å²) in [6.07, 6.45) is -5.27. The van der Waals surface area contributed by atoms with E-state index in [2.05, 4.69) is 5.32 Å². The van der Waals surface area contributed by atoms with Crippen molar-refractivity contribution in [2.24, 2.45) is 0 Å². The largest absolute Gasteiger partial charge is 0.395 e. The van der Waals surface area contributed by atoms with E-state index in [1.54, 1.807) is 30.3 Å². The van der Waals surface area contributed by atoms with Crippen molar-refractivity contribution < 1.29 is 23.0 Å². The number of hydrogen-bond acceptors (Lipinski definition) is 3. The van der Waals surface area contributed by atoms with Crippen molar-refractivity contribution in [1.29, 1.82) is 0 Å². The van der Waals surface area contributed by atoms with E-state index >= 15 is 0 Å². The van der Waals surface area contributed by atoms with Crippen LogP contribution in [0.3, 0.4) is 0 Å². The van der Waals surface area contributed by atoms with Crippen molar-refractivity contribution >= 4 is 0 Å². The standard InChI is InChI=1S/C13H18F3NO2/c1-19-9-11(8-18)17-12(7-13(14,15)16)10-5-3-2-4-6-10/h2-6,11-12,17-18H,7-9H2,1H3. The summed E-state index contributed by atoms with van der Waals surface area (Å²) in [5.74, 6) is 0. The summed E-state index contributed by atoms with van der Waals surface area (Å²) in [6.45, 7) is -0.132. The third-order valence-corrected chi connectivity index (χ3v) is 2.66. The van der Waals surface area contributed by atoms with Crippen LogP contribution < -0.4 is 5.32 Å². The molecule has 0 bridgehead atoms. The van der Waals surface area contributed by atoms with Gasteiger partial charge < -0.3 is 15.2 Å². The molecule has 1 aromatic carbocycles. The molecule has 0 aliphatic carbocycles. The third-order valence-electron chi connectivity index (χ3n) is 2.66. The van der Waals surface area contributed by atoms with Gasteiger partial charge in [-0.05, 0) is 5.56 Å². The Hall–Kier alpha value is -1.11. The van der Waals surface area contributed by atoms with Gasteiger partial charge in [-0.1, -0.05) is 30.3 Å². The first-order valence-electron chi connectivity index (χ1n) is 5.94. The van der Waals surface area contributed by atoms with Crippen molar-refractivity contribution in [2.45, 2.75) is 24.7 Å². The highest BCUT2D eigenvalue weighted by molar-refractivity contribution is 5.19. The average Bonchev–Trinajstić information content (AvgIpc) is 2.36. The molecule has 0 fully saturated rings. The lowest BCUT2D eigenvalue weighted by molar-refractivity contribution is -0.141. The predicted octanol–water partition coefficient (Wildman–Crippen LogP) is 2.28. The van der Waals surface area contributed by atoms with E-state index in [4.69, 9.17) is 9.84 Å². The van der Waals surface area contributed by atoms with Crippen molar-refractivity contribution in [3.05, 3.63) is 35.9 Å². The van der Waals surface area contributed by atoms with Crippen LogP contribution in [0.4, 0.5) is 13.2 Å². The van der Waals surface area contributed by atoms with Gasteiger partial charge in [-0.25, -0.2) is 0 Å². The molecule has 3 nitrogen and oxygen atoms in total. The molecular weight excluding hydrogens is 259 g/mol. The number of rotatable bonds is 7.